The van der Waals surface area contributed by atoms with E-state index in [-0.39, 0.29) is 11.8 Å². The van der Waals surface area contributed by atoms with Crippen molar-refractivity contribution in [3.05, 3.63) is 59.9 Å². The maximum absolute atomic E-state index is 12.6. The molecule has 25 heavy (non-hydrogen) atoms. The van der Waals surface area contributed by atoms with Crippen LogP contribution in [-0.4, -0.2) is 43.2 Å². The summed E-state index contributed by atoms with van der Waals surface area (Å²) in [5, 5.41) is 1.80. The molecule has 0 aromatic carbocycles. The fourth-order valence-electron chi connectivity index (χ4n) is 3.30. The van der Waals surface area contributed by atoms with Gasteiger partial charge in [0.1, 0.15) is 6.33 Å². The summed E-state index contributed by atoms with van der Waals surface area (Å²) in [5.41, 5.74) is 3.74. The van der Waals surface area contributed by atoms with E-state index in [1.165, 1.54) is 11.5 Å². The van der Waals surface area contributed by atoms with Crippen molar-refractivity contribution in [1.29, 1.82) is 0 Å². The number of hydrogen-bond acceptors (Lipinski definition) is 6. The van der Waals surface area contributed by atoms with Gasteiger partial charge in [0.15, 0.2) is 0 Å². The highest BCUT2D eigenvalue weighted by atomic mass is 32.1. The number of nitrogens with zero attached hydrogens (tertiary/aromatic N) is 5. The minimum absolute atomic E-state index is 0.0537. The molecule has 1 atom stereocenters. The van der Waals surface area contributed by atoms with E-state index in [0.29, 0.717) is 12.1 Å². The van der Waals surface area contributed by atoms with Crippen LogP contribution in [-0.2, 0) is 0 Å². The fourth-order valence-corrected chi connectivity index (χ4v) is 3.81. The number of amides is 1. The van der Waals surface area contributed by atoms with E-state index in [4.69, 9.17) is 0 Å². The summed E-state index contributed by atoms with van der Waals surface area (Å²) in [4.78, 5) is 27.4. The van der Waals surface area contributed by atoms with Gasteiger partial charge < -0.3 is 4.90 Å². The van der Waals surface area contributed by atoms with Gasteiger partial charge in [0.25, 0.3) is 5.91 Å². The number of aromatic nitrogens is 4. The van der Waals surface area contributed by atoms with E-state index in [2.05, 4.69) is 19.3 Å². The van der Waals surface area contributed by atoms with Crippen LogP contribution in [0.2, 0.25) is 0 Å². The van der Waals surface area contributed by atoms with E-state index in [1.54, 1.807) is 30.3 Å². The first-order valence-electron chi connectivity index (χ1n) is 8.22. The van der Waals surface area contributed by atoms with Crippen molar-refractivity contribution in [3.8, 4) is 11.1 Å². The van der Waals surface area contributed by atoms with Crippen molar-refractivity contribution < 1.29 is 4.79 Å². The lowest BCUT2D eigenvalue weighted by atomic mass is 9.90. The van der Waals surface area contributed by atoms with Crippen molar-refractivity contribution in [1.82, 2.24) is 24.2 Å². The van der Waals surface area contributed by atoms with Gasteiger partial charge in [0.2, 0.25) is 0 Å². The van der Waals surface area contributed by atoms with Crippen LogP contribution < -0.4 is 0 Å². The Labute approximate surface area is 149 Å². The van der Waals surface area contributed by atoms with E-state index in [1.807, 2.05) is 23.2 Å². The third-order valence-electron chi connectivity index (χ3n) is 4.51. The summed E-state index contributed by atoms with van der Waals surface area (Å²) < 4.78 is 4.04. The first kappa shape index (κ1) is 15.8. The molecule has 3 aromatic heterocycles. The Morgan fingerprint density at radius 2 is 2.08 bits per heavy atom. The molecule has 4 heterocycles. The van der Waals surface area contributed by atoms with Crippen LogP contribution in [0.1, 0.15) is 34.8 Å². The number of hydrogen-bond donors (Lipinski definition) is 0. The zero-order chi connectivity index (χ0) is 17.1. The zero-order valence-electron chi connectivity index (χ0n) is 13.6. The van der Waals surface area contributed by atoms with Crippen molar-refractivity contribution in [2.45, 2.75) is 18.8 Å². The second kappa shape index (κ2) is 7.06. The van der Waals surface area contributed by atoms with Gasteiger partial charge in [-0.3, -0.25) is 9.78 Å². The molecule has 1 fully saturated rings. The van der Waals surface area contributed by atoms with E-state index in [0.717, 1.165) is 36.2 Å². The summed E-state index contributed by atoms with van der Waals surface area (Å²) in [5.74, 6) is 0.258. The Hall–Kier alpha value is -2.67. The predicted molar refractivity (Wildman–Crippen MR) is 95.3 cm³/mol. The quantitative estimate of drug-likeness (QED) is 0.725. The summed E-state index contributed by atoms with van der Waals surface area (Å²) in [6.07, 6.45) is 10.6. The molecule has 1 aliphatic rings. The first-order chi connectivity index (χ1) is 12.3. The van der Waals surface area contributed by atoms with Crippen molar-refractivity contribution in [2.75, 3.05) is 13.1 Å². The van der Waals surface area contributed by atoms with Crippen molar-refractivity contribution in [3.63, 3.8) is 0 Å². The summed E-state index contributed by atoms with van der Waals surface area (Å²) in [6.45, 7) is 1.45. The largest absolute Gasteiger partial charge is 0.338 e. The Kier molecular flexibility index (Phi) is 4.47. The topological polar surface area (TPSA) is 71.9 Å². The third kappa shape index (κ3) is 3.28. The first-order valence-corrected chi connectivity index (χ1v) is 9.05. The molecule has 0 spiro atoms. The Bertz CT molecular complexity index is 853. The molecule has 4 rings (SSSR count). The summed E-state index contributed by atoms with van der Waals surface area (Å²) in [7, 11) is 0. The number of pyridine rings is 1. The van der Waals surface area contributed by atoms with Gasteiger partial charge >= 0.3 is 0 Å². The van der Waals surface area contributed by atoms with Gasteiger partial charge in [0.05, 0.1) is 17.5 Å². The molecule has 0 radical (unpaired) electrons. The van der Waals surface area contributed by atoms with Gasteiger partial charge in [-0.05, 0) is 42.1 Å². The maximum Gasteiger partial charge on any atom is 0.256 e. The number of likely N-dealkylation sites (tertiary alicyclic amines) is 1. The maximum atomic E-state index is 12.6. The normalized spacial score (nSPS) is 17.4. The Balaban J connectivity index is 1.61. The third-order valence-corrected chi connectivity index (χ3v) is 5.10. The second-order valence-electron chi connectivity index (χ2n) is 6.06. The minimum atomic E-state index is 0.0537. The van der Waals surface area contributed by atoms with Crippen molar-refractivity contribution in [2.24, 2.45) is 0 Å². The summed E-state index contributed by atoms with van der Waals surface area (Å²) >= 11 is 1.30. The van der Waals surface area contributed by atoms with Crippen LogP contribution in [0.5, 0.6) is 0 Å². The van der Waals surface area contributed by atoms with Gasteiger partial charge in [-0.15, -0.1) is 0 Å². The van der Waals surface area contributed by atoms with Gasteiger partial charge in [-0.25, -0.2) is 14.3 Å². The van der Waals surface area contributed by atoms with Crippen LogP contribution in [0.15, 0.2) is 48.6 Å². The van der Waals surface area contributed by atoms with E-state index in [9.17, 15) is 4.79 Å². The van der Waals surface area contributed by atoms with Crippen molar-refractivity contribution >= 4 is 17.4 Å². The van der Waals surface area contributed by atoms with E-state index >= 15 is 0 Å². The molecule has 1 amide bonds. The SMILES string of the molecule is O=C(c1cnsc1)N1CCC[C@@H](c2ncncc2-c2ccncc2)C1. The molecular weight excluding hydrogens is 334 g/mol. The molecule has 0 saturated carbocycles. The van der Waals surface area contributed by atoms with Gasteiger partial charge in [-0.1, -0.05) is 0 Å². The van der Waals surface area contributed by atoms with Crippen LogP contribution in [0.3, 0.4) is 0 Å². The summed E-state index contributed by atoms with van der Waals surface area (Å²) in [6, 6.07) is 3.93. The van der Waals surface area contributed by atoms with Crippen LogP contribution >= 0.6 is 11.5 Å². The molecule has 7 heteroatoms. The molecule has 0 bridgehead atoms. The van der Waals surface area contributed by atoms with Gasteiger partial charge in [-0.2, -0.15) is 0 Å². The standard InChI is InChI=1S/C18H17N5OS/c24-18(15-8-22-25-11-15)23-7-1-2-14(10-23)17-16(9-20-12-21-17)13-3-5-19-6-4-13/h3-6,8-9,11-12,14H,1-2,7,10H2/t14-/m1/s1. The second-order valence-corrected chi connectivity index (χ2v) is 6.72. The lowest BCUT2D eigenvalue weighted by Gasteiger charge is -2.33. The zero-order valence-corrected chi connectivity index (χ0v) is 14.4. The number of carbonyl (C=O) groups is 1. The van der Waals surface area contributed by atoms with Crippen LogP contribution in [0.4, 0.5) is 0 Å². The number of piperidine rings is 1. The molecular formula is C18H17N5OS. The minimum Gasteiger partial charge on any atom is -0.338 e. The molecule has 1 saturated heterocycles. The monoisotopic (exact) mass is 351 g/mol. The molecule has 1 aliphatic heterocycles. The molecule has 0 aliphatic carbocycles. The lowest BCUT2D eigenvalue weighted by molar-refractivity contribution is 0.0706. The fraction of sp³-hybridized carbons (Fsp3) is 0.278. The Morgan fingerprint density at radius 1 is 1.20 bits per heavy atom. The molecule has 126 valence electrons. The molecule has 0 unspecified atom stereocenters. The predicted octanol–water partition coefficient (Wildman–Crippen LogP) is 3.01. The molecule has 6 nitrogen and oxygen atoms in total. The average Bonchev–Trinajstić information content (AvgIpc) is 3.23. The van der Waals surface area contributed by atoms with Crippen LogP contribution in [0.25, 0.3) is 11.1 Å². The van der Waals surface area contributed by atoms with E-state index < -0.39 is 0 Å². The van der Waals surface area contributed by atoms with Crippen LogP contribution in [0, 0.1) is 0 Å². The number of carbonyl (C=O) groups excluding carboxylic acids is 1. The smallest absolute Gasteiger partial charge is 0.256 e. The number of rotatable bonds is 3. The average molecular weight is 351 g/mol. The highest BCUT2D eigenvalue weighted by Crippen LogP contribution is 2.32. The molecule has 0 N–H and O–H groups in total. The highest BCUT2D eigenvalue weighted by Gasteiger charge is 2.28. The Morgan fingerprint density at radius 3 is 2.88 bits per heavy atom. The highest BCUT2D eigenvalue weighted by molar-refractivity contribution is 7.03. The van der Waals surface area contributed by atoms with Gasteiger partial charge in [0, 0.05) is 48.5 Å². The molecule has 3 aromatic rings. The lowest BCUT2D eigenvalue weighted by Crippen LogP contribution is -2.39.